The van der Waals surface area contributed by atoms with Gasteiger partial charge < -0.3 is 14.2 Å². The maximum atomic E-state index is 12.2. The number of pyridine rings is 1. The van der Waals surface area contributed by atoms with Gasteiger partial charge in [-0.3, -0.25) is 4.98 Å². The van der Waals surface area contributed by atoms with Gasteiger partial charge in [0, 0.05) is 22.4 Å². The molecule has 1 aromatic heterocycles. The Kier molecular flexibility index (Phi) is 7.45. The third kappa shape index (κ3) is 5.45. The van der Waals surface area contributed by atoms with Gasteiger partial charge in [-0.1, -0.05) is 28.1 Å². The van der Waals surface area contributed by atoms with Crippen molar-refractivity contribution in [2.75, 3.05) is 13.7 Å². The smallest absolute Gasteiger partial charge is 0.339 e. The molecule has 5 nitrogen and oxygen atoms in total. The number of nitrogens with zero attached hydrogens (tertiary/aromatic N) is 1. The van der Waals surface area contributed by atoms with Gasteiger partial charge in [-0.25, -0.2) is 4.79 Å². The van der Waals surface area contributed by atoms with Crippen molar-refractivity contribution in [3.8, 4) is 11.5 Å². The van der Waals surface area contributed by atoms with Crippen molar-refractivity contribution in [1.29, 1.82) is 0 Å². The van der Waals surface area contributed by atoms with Gasteiger partial charge in [0.1, 0.15) is 18.1 Å². The molecule has 2 aromatic carbocycles. The van der Waals surface area contributed by atoms with Gasteiger partial charge in [0.25, 0.3) is 0 Å². The molecule has 1 aliphatic rings. The van der Waals surface area contributed by atoms with Crippen LogP contribution in [-0.4, -0.2) is 24.7 Å². The molecular formula is C27H26BrNO4. The molecule has 1 aliphatic carbocycles. The molecule has 0 radical (unpaired) electrons. The lowest BCUT2D eigenvalue weighted by Crippen LogP contribution is -2.05. The van der Waals surface area contributed by atoms with Crippen LogP contribution in [0.15, 0.2) is 65.4 Å². The van der Waals surface area contributed by atoms with E-state index in [9.17, 15) is 4.79 Å². The Morgan fingerprint density at radius 2 is 1.82 bits per heavy atom. The molecule has 0 atom stereocenters. The van der Waals surface area contributed by atoms with Crippen LogP contribution < -0.4 is 9.47 Å². The molecular weight excluding hydrogens is 482 g/mol. The summed E-state index contributed by atoms with van der Waals surface area (Å²) in [4.78, 5) is 16.5. The summed E-state index contributed by atoms with van der Waals surface area (Å²) < 4.78 is 17.6. The summed E-state index contributed by atoms with van der Waals surface area (Å²) in [5.41, 5.74) is 5.97. The lowest BCUT2D eigenvalue weighted by Gasteiger charge is -2.15. The minimum absolute atomic E-state index is 0.337. The third-order valence-electron chi connectivity index (χ3n) is 5.64. The van der Waals surface area contributed by atoms with Crippen LogP contribution in [0.4, 0.5) is 0 Å². The first-order chi connectivity index (χ1) is 16.1. The maximum absolute atomic E-state index is 12.2. The Hall–Kier alpha value is -3.12. The quantitative estimate of drug-likeness (QED) is 0.317. The Balaban J connectivity index is 1.65. The molecule has 0 spiro atoms. The van der Waals surface area contributed by atoms with E-state index in [4.69, 9.17) is 14.2 Å². The highest BCUT2D eigenvalue weighted by molar-refractivity contribution is 9.10. The van der Waals surface area contributed by atoms with E-state index >= 15 is 0 Å². The fourth-order valence-corrected chi connectivity index (χ4v) is 4.40. The number of hydrogen-bond donors (Lipinski definition) is 0. The number of allylic oxidation sites excluding steroid dienone is 2. The predicted octanol–water partition coefficient (Wildman–Crippen LogP) is 6.70. The van der Waals surface area contributed by atoms with Crippen LogP contribution in [-0.2, 0) is 11.3 Å². The monoisotopic (exact) mass is 507 g/mol. The second-order valence-electron chi connectivity index (χ2n) is 7.77. The minimum Gasteiger partial charge on any atom is -0.497 e. The maximum Gasteiger partial charge on any atom is 0.339 e. The van der Waals surface area contributed by atoms with E-state index in [0.717, 1.165) is 51.9 Å². The average Bonchev–Trinajstić information content (AvgIpc) is 3.34. The Labute approximate surface area is 202 Å². The molecule has 6 heteroatoms. The summed E-state index contributed by atoms with van der Waals surface area (Å²) in [6.45, 7) is 2.60. The van der Waals surface area contributed by atoms with E-state index in [1.165, 1.54) is 11.1 Å². The van der Waals surface area contributed by atoms with E-state index in [-0.39, 0.29) is 5.97 Å². The molecule has 33 heavy (non-hydrogen) atoms. The Bertz CT molecular complexity index is 1170. The van der Waals surface area contributed by atoms with Gasteiger partial charge in [0.15, 0.2) is 0 Å². The largest absolute Gasteiger partial charge is 0.497 e. The first-order valence-electron chi connectivity index (χ1n) is 11.0. The van der Waals surface area contributed by atoms with Crippen molar-refractivity contribution in [3.05, 3.63) is 87.7 Å². The molecule has 3 aromatic rings. The highest BCUT2D eigenvalue weighted by Crippen LogP contribution is 2.43. The van der Waals surface area contributed by atoms with Gasteiger partial charge in [-0.05, 0) is 84.9 Å². The van der Waals surface area contributed by atoms with Crippen molar-refractivity contribution in [2.24, 2.45) is 0 Å². The van der Waals surface area contributed by atoms with Crippen molar-refractivity contribution in [3.63, 3.8) is 0 Å². The standard InChI is InChI=1S/C27H26BrNO4/c1-3-32-27(30)20-13-19(15-29-16-20)23-5-4-6-24(23)25-14-21(28)9-12-26(25)33-17-18-7-10-22(31-2)11-8-18/h7-16H,3-6,17H2,1-2H3. The third-order valence-corrected chi connectivity index (χ3v) is 6.13. The van der Waals surface area contributed by atoms with Crippen LogP contribution in [0.2, 0.25) is 0 Å². The zero-order chi connectivity index (χ0) is 23.2. The zero-order valence-corrected chi connectivity index (χ0v) is 20.4. The molecule has 0 unspecified atom stereocenters. The second kappa shape index (κ2) is 10.7. The minimum atomic E-state index is -0.349. The van der Waals surface area contributed by atoms with Gasteiger partial charge in [-0.15, -0.1) is 0 Å². The summed E-state index contributed by atoms with van der Waals surface area (Å²) in [6, 6.07) is 15.8. The molecule has 0 amide bonds. The fourth-order valence-electron chi connectivity index (χ4n) is 4.04. The Morgan fingerprint density at radius 1 is 1.03 bits per heavy atom. The molecule has 0 saturated carbocycles. The topological polar surface area (TPSA) is 57.7 Å². The van der Waals surface area contributed by atoms with Crippen LogP contribution in [0.1, 0.15) is 53.2 Å². The number of aromatic nitrogens is 1. The predicted molar refractivity (Wildman–Crippen MR) is 132 cm³/mol. The Morgan fingerprint density at radius 3 is 2.58 bits per heavy atom. The number of rotatable bonds is 8. The SMILES string of the molecule is CCOC(=O)c1cncc(C2=C(c3cc(Br)ccc3OCc3ccc(OC)cc3)CCC2)c1. The number of carbonyl (C=O) groups is 1. The fraction of sp³-hybridized carbons (Fsp3) is 0.259. The lowest BCUT2D eigenvalue weighted by molar-refractivity contribution is 0.0526. The summed E-state index contributed by atoms with van der Waals surface area (Å²) in [6.07, 6.45) is 6.28. The summed E-state index contributed by atoms with van der Waals surface area (Å²) >= 11 is 3.61. The first-order valence-corrected chi connectivity index (χ1v) is 11.8. The van der Waals surface area contributed by atoms with E-state index < -0.39 is 0 Å². The number of ether oxygens (including phenoxy) is 3. The first kappa shape index (κ1) is 23.1. The normalized spacial score (nSPS) is 13.2. The van der Waals surface area contributed by atoms with Crippen LogP contribution in [0.5, 0.6) is 11.5 Å². The van der Waals surface area contributed by atoms with Crippen LogP contribution in [0.25, 0.3) is 11.1 Å². The zero-order valence-electron chi connectivity index (χ0n) is 18.8. The van der Waals surface area contributed by atoms with Gasteiger partial charge in [0.05, 0.1) is 19.3 Å². The average molecular weight is 508 g/mol. The highest BCUT2D eigenvalue weighted by Gasteiger charge is 2.22. The number of benzene rings is 2. The van der Waals surface area contributed by atoms with E-state index in [0.29, 0.717) is 18.8 Å². The number of halogens is 1. The number of esters is 1. The van der Waals surface area contributed by atoms with Crippen molar-refractivity contribution in [1.82, 2.24) is 4.98 Å². The van der Waals surface area contributed by atoms with Crippen LogP contribution >= 0.6 is 15.9 Å². The van der Waals surface area contributed by atoms with Crippen molar-refractivity contribution < 1.29 is 19.0 Å². The number of methoxy groups -OCH3 is 1. The molecule has 0 saturated heterocycles. The van der Waals surface area contributed by atoms with Gasteiger partial charge >= 0.3 is 5.97 Å². The second-order valence-corrected chi connectivity index (χ2v) is 8.69. The van der Waals surface area contributed by atoms with Gasteiger partial charge in [0.2, 0.25) is 0 Å². The molecule has 170 valence electrons. The van der Waals surface area contributed by atoms with Crippen LogP contribution in [0.3, 0.4) is 0 Å². The number of carbonyl (C=O) groups excluding carboxylic acids is 1. The van der Waals surface area contributed by atoms with Crippen molar-refractivity contribution >= 4 is 33.0 Å². The highest BCUT2D eigenvalue weighted by atomic mass is 79.9. The van der Waals surface area contributed by atoms with E-state index in [2.05, 4.69) is 27.0 Å². The molecule has 0 fully saturated rings. The van der Waals surface area contributed by atoms with Crippen molar-refractivity contribution in [2.45, 2.75) is 32.8 Å². The molecule has 0 N–H and O–H groups in total. The van der Waals surface area contributed by atoms with Gasteiger partial charge in [-0.2, -0.15) is 0 Å². The molecule has 0 aliphatic heterocycles. The summed E-state index contributed by atoms with van der Waals surface area (Å²) in [7, 11) is 1.66. The van der Waals surface area contributed by atoms with E-state index in [1.54, 1.807) is 20.2 Å². The summed E-state index contributed by atoms with van der Waals surface area (Å²) in [5.74, 6) is 1.30. The molecule has 1 heterocycles. The van der Waals surface area contributed by atoms with Crippen LogP contribution in [0, 0.1) is 0 Å². The number of hydrogen-bond acceptors (Lipinski definition) is 5. The lowest BCUT2D eigenvalue weighted by atomic mass is 9.96. The molecule has 0 bridgehead atoms. The summed E-state index contributed by atoms with van der Waals surface area (Å²) in [5, 5.41) is 0. The molecule has 4 rings (SSSR count). The van der Waals surface area contributed by atoms with E-state index in [1.807, 2.05) is 48.7 Å².